The van der Waals surface area contributed by atoms with Crippen molar-refractivity contribution in [1.82, 2.24) is 0 Å². The summed E-state index contributed by atoms with van der Waals surface area (Å²) in [5.74, 6) is 1.03. The van der Waals surface area contributed by atoms with E-state index in [0.717, 1.165) is 5.76 Å². The number of hydrazone groups is 1. The topological polar surface area (TPSA) is 89.0 Å². The highest BCUT2D eigenvalue weighted by atomic mass is 16.6. The largest absolute Gasteiger partial charge is 0.462 e. The second kappa shape index (κ2) is 5.53. The molecule has 7 heteroatoms. The van der Waals surface area contributed by atoms with Gasteiger partial charge < -0.3 is 4.42 Å². The highest BCUT2D eigenvalue weighted by Gasteiger charge is 2.29. The van der Waals surface area contributed by atoms with E-state index in [1.807, 2.05) is 13.0 Å². The average molecular weight is 311 g/mol. The summed E-state index contributed by atoms with van der Waals surface area (Å²) in [4.78, 5) is 22.7. The summed E-state index contributed by atoms with van der Waals surface area (Å²) in [7, 11) is 0. The predicted molar refractivity (Wildman–Crippen MR) is 85.1 cm³/mol. The molecule has 23 heavy (non-hydrogen) atoms. The van der Waals surface area contributed by atoms with Gasteiger partial charge in [0, 0.05) is 12.1 Å². The van der Waals surface area contributed by atoms with E-state index in [4.69, 9.17) is 4.42 Å². The summed E-state index contributed by atoms with van der Waals surface area (Å²) < 4.78 is 5.45. The summed E-state index contributed by atoms with van der Waals surface area (Å²) in [6.07, 6.45) is 1.64. The fraction of sp³-hybridized carbons (Fsp3) is 0.125. The van der Waals surface area contributed by atoms with Crippen LogP contribution in [-0.2, 0) is 4.79 Å². The van der Waals surface area contributed by atoms with Crippen molar-refractivity contribution in [3.8, 4) is 0 Å². The highest BCUT2D eigenvalue weighted by Crippen LogP contribution is 2.26. The molecule has 116 valence electrons. The van der Waals surface area contributed by atoms with E-state index in [2.05, 4.69) is 5.10 Å². The molecule has 2 heterocycles. The number of anilines is 1. The molecule has 3 rings (SSSR count). The third kappa shape index (κ3) is 2.76. The maximum atomic E-state index is 12.5. The lowest BCUT2D eigenvalue weighted by molar-refractivity contribution is -0.384. The van der Waals surface area contributed by atoms with Gasteiger partial charge in [-0.05, 0) is 44.2 Å². The van der Waals surface area contributed by atoms with Crippen LogP contribution in [0, 0.1) is 17.0 Å². The van der Waals surface area contributed by atoms with Crippen molar-refractivity contribution in [2.75, 3.05) is 5.01 Å². The van der Waals surface area contributed by atoms with Crippen molar-refractivity contribution in [3.63, 3.8) is 0 Å². The molecule has 0 aliphatic carbocycles. The van der Waals surface area contributed by atoms with Gasteiger partial charge >= 0.3 is 0 Å². The number of non-ortho nitro benzene ring substituents is 1. The fourth-order valence-electron chi connectivity index (χ4n) is 2.25. The number of hydrogen-bond acceptors (Lipinski definition) is 5. The third-order valence-electron chi connectivity index (χ3n) is 3.42. The summed E-state index contributed by atoms with van der Waals surface area (Å²) >= 11 is 0. The van der Waals surface area contributed by atoms with Crippen LogP contribution in [0.15, 0.2) is 51.5 Å². The van der Waals surface area contributed by atoms with Crippen molar-refractivity contribution in [1.29, 1.82) is 0 Å². The summed E-state index contributed by atoms with van der Waals surface area (Å²) in [5.41, 5.74) is 1.42. The summed E-state index contributed by atoms with van der Waals surface area (Å²) in [5, 5.41) is 16.1. The first-order chi connectivity index (χ1) is 11.0. The van der Waals surface area contributed by atoms with Crippen LogP contribution in [-0.4, -0.2) is 16.5 Å². The molecule has 7 nitrogen and oxygen atoms in total. The highest BCUT2D eigenvalue weighted by molar-refractivity contribution is 6.32. The fourth-order valence-corrected chi connectivity index (χ4v) is 2.25. The molecule has 1 aliphatic heterocycles. The Labute approximate surface area is 131 Å². The molecule has 0 saturated carbocycles. The number of carbonyl (C=O) groups is 1. The molecule has 1 aliphatic rings. The third-order valence-corrected chi connectivity index (χ3v) is 3.42. The Kier molecular flexibility index (Phi) is 3.53. The lowest BCUT2D eigenvalue weighted by Crippen LogP contribution is -2.21. The van der Waals surface area contributed by atoms with E-state index in [9.17, 15) is 14.9 Å². The maximum absolute atomic E-state index is 12.5. The van der Waals surface area contributed by atoms with Gasteiger partial charge in [-0.15, -0.1) is 0 Å². The number of nitro groups is 1. The summed E-state index contributed by atoms with van der Waals surface area (Å²) in [6, 6.07) is 9.25. The van der Waals surface area contributed by atoms with Crippen LogP contribution in [0.1, 0.15) is 18.4 Å². The van der Waals surface area contributed by atoms with Crippen LogP contribution in [0.2, 0.25) is 0 Å². The van der Waals surface area contributed by atoms with Gasteiger partial charge in [0.15, 0.2) is 0 Å². The zero-order valence-electron chi connectivity index (χ0n) is 12.5. The minimum absolute atomic E-state index is 0.0390. The van der Waals surface area contributed by atoms with E-state index >= 15 is 0 Å². The molecule has 1 aromatic carbocycles. The standard InChI is InChI=1S/C16H13N3O4/c1-10-3-8-14(23-10)9-15-11(2)17-18(16(15)20)12-4-6-13(7-5-12)19(21)22/h3-9H,1-2H3/b15-9+. The van der Waals surface area contributed by atoms with Gasteiger partial charge in [0.2, 0.25) is 0 Å². The molecule has 1 aromatic heterocycles. The Morgan fingerprint density at radius 3 is 2.43 bits per heavy atom. The Morgan fingerprint density at radius 2 is 1.87 bits per heavy atom. The number of furan rings is 1. The van der Waals surface area contributed by atoms with Crippen molar-refractivity contribution < 1.29 is 14.1 Å². The van der Waals surface area contributed by atoms with Gasteiger partial charge in [-0.2, -0.15) is 10.1 Å². The van der Waals surface area contributed by atoms with E-state index in [-0.39, 0.29) is 11.6 Å². The molecule has 0 unspecified atom stereocenters. The number of nitrogens with zero attached hydrogens (tertiary/aromatic N) is 3. The van der Waals surface area contributed by atoms with Crippen molar-refractivity contribution in [3.05, 3.63) is 63.6 Å². The Morgan fingerprint density at radius 1 is 1.17 bits per heavy atom. The SMILES string of the molecule is CC1=NN(c2ccc([N+](=O)[O-])cc2)C(=O)/C1=C/c1ccc(C)o1. The van der Waals surface area contributed by atoms with Gasteiger partial charge in [0.05, 0.1) is 21.9 Å². The zero-order chi connectivity index (χ0) is 16.6. The van der Waals surface area contributed by atoms with Gasteiger partial charge in [-0.25, -0.2) is 0 Å². The van der Waals surface area contributed by atoms with E-state index < -0.39 is 4.92 Å². The lowest BCUT2D eigenvalue weighted by Gasteiger charge is -2.11. The smallest absolute Gasteiger partial charge is 0.280 e. The molecule has 0 atom stereocenters. The number of hydrogen-bond donors (Lipinski definition) is 0. The molecule has 2 aromatic rings. The van der Waals surface area contributed by atoms with Crippen LogP contribution in [0.4, 0.5) is 11.4 Å². The Hall–Kier alpha value is -3.22. The second-order valence-corrected chi connectivity index (χ2v) is 5.08. The first-order valence-corrected chi connectivity index (χ1v) is 6.88. The lowest BCUT2D eigenvalue weighted by atomic mass is 10.1. The van der Waals surface area contributed by atoms with Crippen LogP contribution in [0.25, 0.3) is 6.08 Å². The normalized spacial score (nSPS) is 16.1. The minimum atomic E-state index is -0.491. The molecule has 0 bridgehead atoms. The minimum Gasteiger partial charge on any atom is -0.462 e. The first-order valence-electron chi connectivity index (χ1n) is 6.88. The Balaban J connectivity index is 1.90. The average Bonchev–Trinajstić information content (AvgIpc) is 3.05. The molecule has 0 radical (unpaired) electrons. The first kappa shape index (κ1) is 14.7. The molecule has 0 N–H and O–H groups in total. The molecular weight excluding hydrogens is 298 g/mol. The van der Waals surface area contributed by atoms with Gasteiger partial charge in [-0.3, -0.25) is 14.9 Å². The van der Waals surface area contributed by atoms with Gasteiger partial charge in [0.25, 0.3) is 11.6 Å². The zero-order valence-corrected chi connectivity index (χ0v) is 12.5. The van der Waals surface area contributed by atoms with Crippen LogP contribution in [0.5, 0.6) is 0 Å². The van der Waals surface area contributed by atoms with Crippen LogP contribution in [0.3, 0.4) is 0 Å². The maximum Gasteiger partial charge on any atom is 0.280 e. The van der Waals surface area contributed by atoms with Gasteiger partial charge in [0.1, 0.15) is 11.5 Å². The monoisotopic (exact) mass is 311 g/mol. The van der Waals surface area contributed by atoms with E-state index in [1.165, 1.54) is 29.3 Å². The van der Waals surface area contributed by atoms with Crippen LogP contribution < -0.4 is 5.01 Å². The van der Waals surface area contributed by atoms with Crippen molar-refractivity contribution in [2.45, 2.75) is 13.8 Å². The number of amides is 1. The van der Waals surface area contributed by atoms with E-state index in [0.29, 0.717) is 22.7 Å². The van der Waals surface area contributed by atoms with Crippen molar-refractivity contribution in [2.24, 2.45) is 5.10 Å². The predicted octanol–water partition coefficient (Wildman–Crippen LogP) is 3.30. The molecule has 1 amide bonds. The number of rotatable bonds is 3. The number of benzene rings is 1. The molecule has 0 spiro atoms. The van der Waals surface area contributed by atoms with E-state index in [1.54, 1.807) is 19.1 Å². The van der Waals surface area contributed by atoms with Gasteiger partial charge in [-0.1, -0.05) is 0 Å². The quantitative estimate of drug-likeness (QED) is 0.494. The number of aryl methyl sites for hydroxylation is 1. The molecule has 0 fully saturated rings. The molecular formula is C16H13N3O4. The Bertz CT molecular complexity index is 846. The molecule has 0 saturated heterocycles. The number of nitro benzene ring substituents is 1. The van der Waals surface area contributed by atoms with Crippen molar-refractivity contribution >= 4 is 29.1 Å². The van der Waals surface area contributed by atoms with Crippen LogP contribution >= 0.6 is 0 Å². The summed E-state index contributed by atoms with van der Waals surface area (Å²) in [6.45, 7) is 3.55. The number of carbonyl (C=O) groups excluding carboxylic acids is 1. The second-order valence-electron chi connectivity index (χ2n) is 5.08.